The maximum Gasteiger partial charge on any atom is 0.125 e. The van der Waals surface area contributed by atoms with Crippen LogP contribution in [0.1, 0.15) is 22.8 Å². The molecule has 0 aliphatic carbocycles. The fraction of sp³-hybridized carbons (Fsp3) is 0.231. The minimum absolute atomic E-state index is 0.666. The molecule has 0 spiro atoms. The normalized spacial score (nSPS) is 12.5. The first-order valence-electron chi connectivity index (χ1n) is 5.17. The second-order valence-electron chi connectivity index (χ2n) is 3.80. The number of methoxy groups -OCH3 is 1. The first-order valence-corrected chi connectivity index (χ1v) is 5.97. The molecule has 1 N–H and O–H groups in total. The maximum absolute atomic E-state index is 10.2. The van der Waals surface area contributed by atoms with Gasteiger partial charge >= 0.3 is 0 Å². The monoisotopic (exact) mass is 296 g/mol. The van der Waals surface area contributed by atoms with Gasteiger partial charge in [-0.2, -0.15) is 0 Å². The van der Waals surface area contributed by atoms with Gasteiger partial charge in [-0.05, 0) is 30.7 Å². The number of halogens is 1. The summed E-state index contributed by atoms with van der Waals surface area (Å²) in [6.07, 6.45) is 2.31. The van der Waals surface area contributed by atoms with Crippen LogP contribution in [-0.2, 0) is 0 Å². The molecule has 0 saturated carbocycles. The number of aryl methyl sites for hydroxylation is 1. The van der Waals surface area contributed by atoms with E-state index in [1.54, 1.807) is 13.2 Å². The molecular formula is C13H13BrO3. The standard InChI is InChI=1S/C13H13BrO3/c1-8-5-12(16-2)10(6-11(8)14)13(15)9-3-4-17-7-9/h3-7,13,15H,1-2H3. The number of rotatable bonds is 3. The minimum atomic E-state index is -0.749. The van der Waals surface area contributed by atoms with Gasteiger partial charge in [0.25, 0.3) is 0 Å². The zero-order valence-electron chi connectivity index (χ0n) is 9.61. The second-order valence-corrected chi connectivity index (χ2v) is 4.66. The van der Waals surface area contributed by atoms with E-state index < -0.39 is 6.10 Å². The molecule has 1 aromatic carbocycles. The van der Waals surface area contributed by atoms with Crippen molar-refractivity contribution in [2.24, 2.45) is 0 Å². The molecule has 1 aromatic heterocycles. The third kappa shape index (κ3) is 2.37. The van der Waals surface area contributed by atoms with E-state index in [0.717, 1.165) is 10.0 Å². The van der Waals surface area contributed by atoms with Crippen molar-refractivity contribution in [3.8, 4) is 5.75 Å². The molecule has 0 aliphatic rings. The molecule has 1 atom stereocenters. The number of hydrogen-bond acceptors (Lipinski definition) is 3. The van der Waals surface area contributed by atoms with Crippen molar-refractivity contribution >= 4 is 15.9 Å². The Kier molecular flexibility index (Phi) is 3.54. The summed E-state index contributed by atoms with van der Waals surface area (Å²) in [5.41, 5.74) is 2.48. The van der Waals surface area contributed by atoms with Crippen LogP contribution in [0.3, 0.4) is 0 Å². The lowest BCUT2D eigenvalue weighted by Crippen LogP contribution is -2.02. The summed E-state index contributed by atoms with van der Waals surface area (Å²) < 4.78 is 11.2. The first kappa shape index (κ1) is 12.2. The fourth-order valence-corrected chi connectivity index (χ4v) is 2.03. The summed E-state index contributed by atoms with van der Waals surface area (Å²) in [6, 6.07) is 5.49. The van der Waals surface area contributed by atoms with Crippen LogP contribution in [0.25, 0.3) is 0 Å². The number of aliphatic hydroxyl groups excluding tert-OH is 1. The van der Waals surface area contributed by atoms with Crippen molar-refractivity contribution in [1.29, 1.82) is 0 Å². The topological polar surface area (TPSA) is 42.6 Å². The summed E-state index contributed by atoms with van der Waals surface area (Å²) in [5, 5.41) is 10.2. The molecule has 0 fully saturated rings. The summed E-state index contributed by atoms with van der Waals surface area (Å²) in [6.45, 7) is 1.97. The third-order valence-corrected chi connectivity index (χ3v) is 3.52. The van der Waals surface area contributed by atoms with E-state index in [2.05, 4.69) is 15.9 Å². The van der Waals surface area contributed by atoms with Crippen molar-refractivity contribution in [2.45, 2.75) is 13.0 Å². The summed E-state index contributed by atoms with van der Waals surface area (Å²) in [5.74, 6) is 0.666. The molecule has 2 rings (SSSR count). The van der Waals surface area contributed by atoms with Crippen molar-refractivity contribution < 1.29 is 14.3 Å². The lowest BCUT2D eigenvalue weighted by Gasteiger charge is -2.15. The van der Waals surface area contributed by atoms with Crippen molar-refractivity contribution in [3.05, 3.63) is 51.9 Å². The summed E-state index contributed by atoms with van der Waals surface area (Å²) in [7, 11) is 1.59. The van der Waals surface area contributed by atoms with E-state index >= 15 is 0 Å². The van der Waals surface area contributed by atoms with Gasteiger partial charge in [0.1, 0.15) is 11.9 Å². The van der Waals surface area contributed by atoms with Gasteiger partial charge in [0.05, 0.1) is 19.6 Å². The molecule has 17 heavy (non-hydrogen) atoms. The molecule has 0 amide bonds. The first-order chi connectivity index (χ1) is 8.13. The highest BCUT2D eigenvalue weighted by Gasteiger charge is 2.17. The minimum Gasteiger partial charge on any atom is -0.496 e. The van der Waals surface area contributed by atoms with Crippen molar-refractivity contribution in [3.63, 3.8) is 0 Å². The van der Waals surface area contributed by atoms with Gasteiger partial charge in [-0.25, -0.2) is 0 Å². The lowest BCUT2D eigenvalue weighted by molar-refractivity contribution is 0.213. The van der Waals surface area contributed by atoms with Crippen molar-refractivity contribution in [2.75, 3.05) is 7.11 Å². The Hall–Kier alpha value is -1.26. The molecule has 90 valence electrons. The zero-order valence-corrected chi connectivity index (χ0v) is 11.2. The third-order valence-electron chi connectivity index (χ3n) is 2.66. The van der Waals surface area contributed by atoms with Gasteiger partial charge in [0.2, 0.25) is 0 Å². The van der Waals surface area contributed by atoms with Crippen LogP contribution < -0.4 is 4.74 Å². The zero-order chi connectivity index (χ0) is 12.4. The molecule has 4 heteroatoms. The average molecular weight is 297 g/mol. The van der Waals surface area contributed by atoms with E-state index in [9.17, 15) is 5.11 Å². The molecule has 3 nitrogen and oxygen atoms in total. The quantitative estimate of drug-likeness (QED) is 0.943. The number of aliphatic hydroxyl groups is 1. The number of benzene rings is 1. The molecule has 1 heterocycles. The molecule has 0 aliphatic heterocycles. The van der Waals surface area contributed by atoms with E-state index in [1.807, 2.05) is 19.1 Å². The van der Waals surface area contributed by atoms with Gasteiger partial charge in [-0.1, -0.05) is 15.9 Å². The van der Waals surface area contributed by atoms with Crippen LogP contribution in [0.2, 0.25) is 0 Å². The maximum atomic E-state index is 10.2. The Balaban J connectivity index is 2.47. The van der Waals surface area contributed by atoms with E-state index in [0.29, 0.717) is 16.9 Å². The van der Waals surface area contributed by atoms with Crippen LogP contribution in [0, 0.1) is 6.92 Å². The van der Waals surface area contributed by atoms with Crippen LogP contribution in [-0.4, -0.2) is 12.2 Å². The van der Waals surface area contributed by atoms with Crippen LogP contribution in [0.15, 0.2) is 39.6 Å². The van der Waals surface area contributed by atoms with E-state index in [1.165, 1.54) is 12.5 Å². The highest BCUT2D eigenvalue weighted by Crippen LogP contribution is 2.34. The predicted molar refractivity (Wildman–Crippen MR) is 68.2 cm³/mol. The SMILES string of the molecule is COc1cc(C)c(Br)cc1C(O)c1ccoc1. The molecule has 1 unspecified atom stereocenters. The van der Waals surface area contributed by atoms with Gasteiger partial charge in [-0.15, -0.1) is 0 Å². The Morgan fingerprint density at radius 3 is 2.76 bits per heavy atom. The number of hydrogen-bond donors (Lipinski definition) is 1. The molecular weight excluding hydrogens is 284 g/mol. The van der Waals surface area contributed by atoms with Crippen LogP contribution >= 0.6 is 15.9 Å². The fourth-order valence-electron chi connectivity index (χ4n) is 1.67. The Labute approximate surface area is 108 Å². The van der Waals surface area contributed by atoms with E-state index in [4.69, 9.17) is 9.15 Å². The highest BCUT2D eigenvalue weighted by molar-refractivity contribution is 9.10. The number of furan rings is 1. The van der Waals surface area contributed by atoms with Gasteiger partial charge < -0.3 is 14.3 Å². The smallest absolute Gasteiger partial charge is 0.125 e. The second kappa shape index (κ2) is 4.94. The Bertz CT molecular complexity index is 506. The molecule has 2 aromatic rings. The molecule has 0 bridgehead atoms. The lowest BCUT2D eigenvalue weighted by atomic mass is 10.0. The van der Waals surface area contributed by atoms with Gasteiger partial charge in [0, 0.05) is 15.6 Å². The van der Waals surface area contributed by atoms with Gasteiger partial charge in [-0.3, -0.25) is 0 Å². The van der Waals surface area contributed by atoms with Crippen molar-refractivity contribution in [1.82, 2.24) is 0 Å². The van der Waals surface area contributed by atoms with E-state index in [-0.39, 0.29) is 0 Å². The largest absolute Gasteiger partial charge is 0.496 e. The van der Waals surface area contributed by atoms with Crippen LogP contribution in [0.5, 0.6) is 5.75 Å². The van der Waals surface area contributed by atoms with Crippen LogP contribution in [0.4, 0.5) is 0 Å². The Morgan fingerprint density at radius 1 is 1.41 bits per heavy atom. The molecule has 0 radical (unpaired) electrons. The predicted octanol–water partition coefficient (Wildman–Crippen LogP) is 3.44. The summed E-state index contributed by atoms with van der Waals surface area (Å²) >= 11 is 3.45. The number of ether oxygens (including phenoxy) is 1. The summed E-state index contributed by atoms with van der Waals surface area (Å²) in [4.78, 5) is 0. The van der Waals surface area contributed by atoms with Gasteiger partial charge in [0.15, 0.2) is 0 Å². The highest BCUT2D eigenvalue weighted by atomic mass is 79.9. The molecule has 0 saturated heterocycles. The average Bonchev–Trinajstić information content (AvgIpc) is 2.84. The Morgan fingerprint density at radius 2 is 2.18 bits per heavy atom.